The molecule has 6 heteroatoms. The van der Waals surface area contributed by atoms with Gasteiger partial charge in [0, 0.05) is 28.4 Å². The quantitative estimate of drug-likeness (QED) is 0.657. The average molecular weight is 419 g/mol. The summed E-state index contributed by atoms with van der Waals surface area (Å²) in [4.78, 5) is 21.3. The molecule has 2 aromatic heterocycles. The summed E-state index contributed by atoms with van der Waals surface area (Å²) in [5, 5.41) is 10.0. The molecule has 116 valence electrons. The van der Waals surface area contributed by atoms with E-state index >= 15 is 0 Å². The molecule has 1 aromatic carbocycles. The lowest BCUT2D eigenvalue weighted by molar-refractivity contribution is -0.135. The van der Waals surface area contributed by atoms with E-state index in [1.807, 2.05) is 30.3 Å². The highest BCUT2D eigenvalue weighted by atomic mass is 127. The highest BCUT2D eigenvalue weighted by Gasteiger charge is 2.13. The third kappa shape index (κ3) is 3.42. The van der Waals surface area contributed by atoms with Crippen LogP contribution in [0.5, 0.6) is 0 Å². The molecule has 23 heavy (non-hydrogen) atoms. The molecule has 0 aliphatic rings. The van der Waals surface area contributed by atoms with Crippen molar-refractivity contribution in [2.24, 2.45) is 0 Å². The molecule has 2 heterocycles. The standard InChI is InChI=1S/C17H14IN3O2/c1-21(10-17(22)23)16-9-13(11-4-6-19-7-5-11)14-8-12(18)2-3-15(14)20-16/h2-9H,10H2,1H3,(H,22,23). The number of pyridine rings is 2. The maximum Gasteiger partial charge on any atom is 0.323 e. The van der Waals surface area contributed by atoms with Crippen LogP contribution >= 0.6 is 22.6 Å². The average Bonchev–Trinajstić information content (AvgIpc) is 2.54. The minimum absolute atomic E-state index is 0.0986. The number of hydrogen-bond donors (Lipinski definition) is 1. The van der Waals surface area contributed by atoms with Crippen LogP contribution in [0.25, 0.3) is 22.0 Å². The van der Waals surface area contributed by atoms with Crippen LogP contribution in [-0.2, 0) is 4.79 Å². The number of halogens is 1. The summed E-state index contributed by atoms with van der Waals surface area (Å²) in [6.07, 6.45) is 3.49. The number of rotatable bonds is 4. The van der Waals surface area contributed by atoms with Gasteiger partial charge < -0.3 is 10.0 Å². The molecule has 0 fully saturated rings. The molecule has 3 aromatic rings. The number of nitrogens with zero attached hydrogens (tertiary/aromatic N) is 3. The molecule has 0 aliphatic heterocycles. The van der Waals surface area contributed by atoms with Gasteiger partial charge in [-0.1, -0.05) is 0 Å². The second-order valence-corrected chi connectivity index (χ2v) is 6.42. The summed E-state index contributed by atoms with van der Waals surface area (Å²) in [5.41, 5.74) is 2.88. The lowest BCUT2D eigenvalue weighted by Gasteiger charge is -2.18. The molecule has 0 aliphatic carbocycles. The molecule has 0 saturated carbocycles. The predicted octanol–water partition coefficient (Wildman–Crippen LogP) is 3.42. The number of likely N-dealkylation sites (N-methyl/N-ethyl adjacent to an activating group) is 1. The second-order valence-electron chi connectivity index (χ2n) is 5.18. The van der Waals surface area contributed by atoms with Crippen LogP contribution in [0.4, 0.5) is 5.82 Å². The van der Waals surface area contributed by atoms with Crippen molar-refractivity contribution in [1.29, 1.82) is 0 Å². The number of carboxylic acids is 1. The Kier molecular flexibility index (Phi) is 4.42. The van der Waals surface area contributed by atoms with Crippen molar-refractivity contribution in [3.05, 3.63) is 52.4 Å². The van der Waals surface area contributed by atoms with Gasteiger partial charge in [0.2, 0.25) is 0 Å². The van der Waals surface area contributed by atoms with E-state index in [-0.39, 0.29) is 6.54 Å². The van der Waals surface area contributed by atoms with Gasteiger partial charge in [0.05, 0.1) is 5.52 Å². The summed E-state index contributed by atoms with van der Waals surface area (Å²) in [6.45, 7) is -0.0986. The number of hydrogen-bond acceptors (Lipinski definition) is 4. The molecule has 5 nitrogen and oxygen atoms in total. The van der Waals surface area contributed by atoms with Gasteiger partial charge in [-0.3, -0.25) is 9.78 Å². The van der Waals surface area contributed by atoms with Crippen molar-refractivity contribution in [3.63, 3.8) is 0 Å². The molecule has 0 atom stereocenters. The Balaban J connectivity index is 2.22. The predicted molar refractivity (Wildman–Crippen MR) is 98.6 cm³/mol. The van der Waals surface area contributed by atoms with Crippen molar-refractivity contribution >= 4 is 45.3 Å². The first-order chi connectivity index (χ1) is 11.0. The highest BCUT2D eigenvalue weighted by molar-refractivity contribution is 14.1. The SMILES string of the molecule is CN(CC(=O)O)c1cc(-c2ccncc2)c2cc(I)ccc2n1. The van der Waals surface area contributed by atoms with Crippen molar-refractivity contribution in [3.8, 4) is 11.1 Å². The van der Waals surface area contributed by atoms with E-state index in [0.29, 0.717) is 5.82 Å². The molecule has 3 rings (SSSR count). The molecule has 0 amide bonds. The Morgan fingerprint density at radius 1 is 1.22 bits per heavy atom. The van der Waals surface area contributed by atoms with E-state index in [9.17, 15) is 4.79 Å². The third-order valence-electron chi connectivity index (χ3n) is 3.51. The van der Waals surface area contributed by atoms with Crippen molar-refractivity contribution < 1.29 is 9.90 Å². The number of carbonyl (C=O) groups is 1. The Labute approximate surface area is 147 Å². The number of fused-ring (bicyclic) bond motifs is 1. The maximum absolute atomic E-state index is 11.0. The summed E-state index contributed by atoms with van der Waals surface area (Å²) in [5.74, 6) is -0.254. The fraction of sp³-hybridized carbons (Fsp3) is 0.118. The van der Waals surface area contributed by atoms with Crippen molar-refractivity contribution in [2.75, 3.05) is 18.5 Å². The Bertz CT molecular complexity index is 868. The number of aromatic nitrogens is 2. The van der Waals surface area contributed by atoms with Crippen LogP contribution in [0, 0.1) is 3.57 Å². The van der Waals surface area contributed by atoms with Gasteiger partial charge in [-0.15, -0.1) is 0 Å². The van der Waals surface area contributed by atoms with Gasteiger partial charge in [-0.25, -0.2) is 4.98 Å². The van der Waals surface area contributed by atoms with Crippen LogP contribution in [0.15, 0.2) is 48.8 Å². The summed E-state index contributed by atoms with van der Waals surface area (Å²) >= 11 is 2.27. The Morgan fingerprint density at radius 3 is 2.65 bits per heavy atom. The first kappa shape index (κ1) is 15.7. The van der Waals surface area contributed by atoms with Crippen molar-refractivity contribution in [2.45, 2.75) is 0 Å². The monoisotopic (exact) mass is 419 g/mol. The summed E-state index contributed by atoms with van der Waals surface area (Å²) < 4.78 is 1.12. The number of aliphatic carboxylic acids is 1. The minimum atomic E-state index is -0.887. The summed E-state index contributed by atoms with van der Waals surface area (Å²) in [6, 6.07) is 11.8. The van der Waals surface area contributed by atoms with E-state index in [0.717, 1.165) is 25.6 Å². The lowest BCUT2D eigenvalue weighted by Crippen LogP contribution is -2.25. The fourth-order valence-corrected chi connectivity index (χ4v) is 2.92. The Hall–Kier alpha value is -2.22. The second kappa shape index (κ2) is 6.49. The zero-order valence-electron chi connectivity index (χ0n) is 12.4. The van der Waals surface area contributed by atoms with Crippen molar-refractivity contribution in [1.82, 2.24) is 9.97 Å². The number of benzene rings is 1. The normalized spacial score (nSPS) is 10.7. The van der Waals surface area contributed by atoms with Crippen LogP contribution in [0.3, 0.4) is 0 Å². The van der Waals surface area contributed by atoms with E-state index < -0.39 is 5.97 Å². The first-order valence-corrected chi connectivity index (χ1v) is 8.06. The maximum atomic E-state index is 11.0. The van der Waals surface area contributed by atoms with Crippen LogP contribution in [-0.4, -0.2) is 34.6 Å². The van der Waals surface area contributed by atoms with Gasteiger partial charge in [0.25, 0.3) is 0 Å². The number of anilines is 1. The fourth-order valence-electron chi connectivity index (χ4n) is 2.43. The van der Waals surface area contributed by atoms with Gasteiger partial charge in [-0.2, -0.15) is 0 Å². The van der Waals surface area contributed by atoms with E-state index in [1.54, 1.807) is 24.3 Å². The van der Waals surface area contributed by atoms with E-state index in [1.165, 1.54) is 0 Å². The van der Waals surface area contributed by atoms with Gasteiger partial charge in [0.15, 0.2) is 0 Å². The zero-order chi connectivity index (χ0) is 16.4. The zero-order valence-corrected chi connectivity index (χ0v) is 14.6. The van der Waals surface area contributed by atoms with Gasteiger partial charge >= 0.3 is 5.97 Å². The topological polar surface area (TPSA) is 66.3 Å². The minimum Gasteiger partial charge on any atom is -0.480 e. The van der Waals surface area contributed by atoms with Crippen LogP contribution < -0.4 is 4.90 Å². The molecule has 1 N–H and O–H groups in total. The molecule has 0 radical (unpaired) electrons. The van der Waals surface area contributed by atoms with Gasteiger partial charge in [-0.05, 0) is 70.1 Å². The lowest BCUT2D eigenvalue weighted by atomic mass is 10.0. The Morgan fingerprint density at radius 2 is 1.96 bits per heavy atom. The molecule has 0 saturated heterocycles. The molecular weight excluding hydrogens is 405 g/mol. The van der Waals surface area contributed by atoms with E-state index in [2.05, 4.69) is 38.6 Å². The van der Waals surface area contributed by atoms with E-state index in [4.69, 9.17) is 5.11 Å². The largest absolute Gasteiger partial charge is 0.480 e. The third-order valence-corrected chi connectivity index (χ3v) is 4.18. The van der Waals surface area contributed by atoms with Gasteiger partial charge in [0.1, 0.15) is 12.4 Å². The summed E-state index contributed by atoms with van der Waals surface area (Å²) in [7, 11) is 1.73. The smallest absolute Gasteiger partial charge is 0.323 e. The molecule has 0 bridgehead atoms. The first-order valence-electron chi connectivity index (χ1n) is 6.98. The van der Waals surface area contributed by atoms with Crippen LogP contribution in [0.2, 0.25) is 0 Å². The molecular formula is C17H14IN3O2. The highest BCUT2D eigenvalue weighted by Crippen LogP contribution is 2.31. The van der Waals surface area contributed by atoms with Crippen LogP contribution in [0.1, 0.15) is 0 Å². The molecule has 0 spiro atoms. The number of carboxylic acid groups (broad SMARTS) is 1. The molecule has 0 unspecified atom stereocenters.